The van der Waals surface area contributed by atoms with E-state index < -0.39 is 0 Å². The van der Waals surface area contributed by atoms with E-state index in [2.05, 4.69) is 46.7 Å². The van der Waals surface area contributed by atoms with Crippen LogP contribution in [0.4, 0.5) is 4.39 Å². The van der Waals surface area contributed by atoms with Gasteiger partial charge < -0.3 is 14.3 Å². The number of pyridine rings is 1. The predicted molar refractivity (Wildman–Crippen MR) is 152 cm³/mol. The van der Waals surface area contributed by atoms with E-state index >= 15 is 0 Å². The van der Waals surface area contributed by atoms with Gasteiger partial charge in [0.2, 0.25) is 0 Å². The molecule has 0 bridgehead atoms. The monoisotopic (exact) mass is 536 g/mol. The molecule has 0 spiro atoms. The second kappa shape index (κ2) is 9.87. The van der Waals surface area contributed by atoms with Crippen molar-refractivity contribution in [2.24, 2.45) is 7.05 Å². The molecule has 0 unspecified atom stereocenters. The van der Waals surface area contributed by atoms with E-state index in [-0.39, 0.29) is 5.82 Å². The number of aromatic nitrogens is 7. The van der Waals surface area contributed by atoms with Crippen molar-refractivity contribution >= 4 is 21.9 Å². The summed E-state index contributed by atoms with van der Waals surface area (Å²) >= 11 is 0. The number of halogens is 1. The molecular formula is C30H29FN8O. The SMILES string of the molecule is Cc1ncc(-c2ccc3[nH]nc(-c4nc5c(-c6cc(F)cc(OCCN7CCCC7)c6)nccc5[nH]4)c3c2)n1C. The zero-order valence-corrected chi connectivity index (χ0v) is 22.4. The van der Waals surface area contributed by atoms with Gasteiger partial charge in [-0.15, -0.1) is 0 Å². The Kier molecular flexibility index (Phi) is 6.04. The smallest absolute Gasteiger partial charge is 0.159 e. The van der Waals surface area contributed by atoms with Crippen LogP contribution in [0.25, 0.3) is 56.0 Å². The molecule has 1 fully saturated rings. The van der Waals surface area contributed by atoms with Crippen molar-refractivity contribution in [1.82, 2.24) is 39.6 Å². The maximum atomic E-state index is 14.7. The van der Waals surface area contributed by atoms with E-state index in [1.165, 1.54) is 25.0 Å². The molecule has 2 N–H and O–H groups in total. The summed E-state index contributed by atoms with van der Waals surface area (Å²) in [7, 11) is 2.00. The van der Waals surface area contributed by atoms with Crippen LogP contribution in [-0.4, -0.2) is 65.8 Å². The highest BCUT2D eigenvalue weighted by atomic mass is 19.1. The van der Waals surface area contributed by atoms with Crippen molar-refractivity contribution in [3.63, 3.8) is 0 Å². The normalized spacial score (nSPS) is 14.1. The number of benzene rings is 2. The van der Waals surface area contributed by atoms with Gasteiger partial charge in [-0.25, -0.2) is 14.4 Å². The van der Waals surface area contributed by atoms with E-state index in [0.717, 1.165) is 53.1 Å². The Morgan fingerprint density at radius 3 is 2.67 bits per heavy atom. The lowest BCUT2D eigenvalue weighted by Crippen LogP contribution is -2.25. The first kappa shape index (κ1) is 24.5. The number of hydrogen-bond acceptors (Lipinski definition) is 6. The third-order valence-corrected chi connectivity index (χ3v) is 7.72. The third-order valence-electron chi connectivity index (χ3n) is 7.72. The van der Waals surface area contributed by atoms with Gasteiger partial charge in [0.1, 0.15) is 35.2 Å². The first-order chi connectivity index (χ1) is 19.5. The van der Waals surface area contributed by atoms with Gasteiger partial charge in [-0.1, -0.05) is 6.07 Å². The fourth-order valence-electron chi connectivity index (χ4n) is 5.46. The van der Waals surface area contributed by atoms with Gasteiger partial charge in [-0.05, 0) is 63.2 Å². The topological polar surface area (TPSA) is 101 Å². The van der Waals surface area contributed by atoms with Gasteiger partial charge in [0.15, 0.2) is 5.82 Å². The van der Waals surface area contributed by atoms with Crippen molar-refractivity contribution in [1.29, 1.82) is 0 Å². The van der Waals surface area contributed by atoms with Crippen molar-refractivity contribution in [2.45, 2.75) is 19.8 Å². The molecule has 0 saturated carbocycles. The number of rotatable bonds is 7. The average molecular weight is 537 g/mol. The van der Waals surface area contributed by atoms with Crippen LogP contribution in [0.3, 0.4) is 0 Å². The molecular weight excluding hydrogens is 507 g/mol. The van der Waals surface area contributed by atoms with Crippen molar-refractivity contribution in [2.75, 3.05) is 26.2 Å². The molecule has 5 heterocycles. The summed E-state index contributed by atoms with van der Waals surface area (Å²) in [6, 6.07) is 12.7. The number of fused-ring (bicyclic) bond motifs is 2. The molecule has 0 amide bonds. The molecule has 4 aromatic heterocycles. The van der Waals surface area contributed by atoms with Crippen LogP contribution in [-0.2, 0) is 7.05 Å². The van der Waals surface area contributed by atoms with E-state index in [1.54, 1.807) is 6.20 Å². The Morgan fingerprint density at radius 1 is 0.975 bits per heavy atom. The van der Waals surface area contributed by atoms with Gasteiger partial charge in [0.05, 0.1) is 28.6 Å². The van der Waals surface area contributed by atoms with Crippen LogP contribution in [0.15, 0.2) is 54.9 Å². The van der Waals surface area contributed by atoms with Crippen LogP contribution in [0.2, 0.25) is 0 Å². The third kappa shape index (κ3) is 4.40. The highest BCUT2D eigenvalue weighted by Gasteiger charge is 2.18. The maximum absolute atomic E-state index is 14.7. The van der Waals surface area contributed by atoms with E-state index in [4.69, 9.17) is 9.72 Å². The summed E-state index contributed by atoms with van der Waals surface area (Å²) in [5.74, 6) is 1.66. The van der Waals surface area contributed by atoms with Crippen LogP contribution >= 0.6 is 0 Å². The molecule has 0 atom stereocenters. The van der Waals surface area contributed by atoms with E-state index in [0.29, 0.717) is 40.6 Å². The van der Waals surface area contributed by atoms with Gasteiger partial charge in [0, 0.05) is 42.4 Å². The van der Waals surface area contributed by atoms with Gasteiger partial charge in [-0.3, -0.25) is 15.0 Å². The highest BCUT2D eigenvalue weighted by Crippen LogP contribution is 2.33. The van der Waals surface area contributed by atoms with E-state index in [9.17, 15) is 4.39 Å². The molecule has 0 aliphatic carbocycles. The number of H-pyrrole nitrogens is 2. The molecule has 1 aliphatic heterocycles. The molecule has 1 aliphatic rings. The number of nitrogens with one attached hydrogen (secondary N) is 2. The Balaban J connectivity index is 1.23. The van der Waals surface area contributed by atoms with Gasteiger partial charge in [0.25, 0.3) is 0 Å². The minimum atomic E-state index is -0.375. The summed E-state index contributed by atoms with van der Waals surface area (Å²) in [4.78, 5) is 19.7. The maximum Gasteiger partial charge on any atom is 0.159 e. The van der Waals surface area contributed by atoms with Crippen molar-refractivity contribution in [3.05, 3.63) is 66.5 Å². The Labute approximate surface area is 230 Å². The second-order valence-corrected chi connectivity index (χ2v) is 10.3. The van der Waals surface area contributed by atoms with Crippen LogP contribution in [0, 0.1) is 12.7 Å². The molecule has 6 aromatic rings. The molecule has 9 nitrogen and oxygen atoms in total. The molecule has 2 aromatic carbocycles. The van der Waals surface area contributed by atoms with Crippen LogP contribution in [0.5, 0.6) is 5.75 Å². The number of ether oxygens (including phenoxy) is 1. The van der Waals surface area contributed by atoms with Crippen LogP contribution in [0.1, 0.15) is 18.7 Å². The molecule has 10 heteroatoms. The summed E-state index contributed by atoms with van der Waals surface area (Å²) in [6.07, 6.45) is 6.03. The Hall–Kier alpha value is -4.57. The molecule has 0 radical (unpaired) electrons. The highest BCUT2D eigenvalue weighted by molar-refractivity contribution is 5.97. The number of nitrogens with zero attached hydrogens (tertiary/aromatic N) is 6. The number of aryl methyl sites for hydroxylation is 1. The predicted octanol–water partition coefficient (Wildman–Crippen LogP) is 5.49. The Morgan fingerprint density at radius 2 is 1.85 bits per heavy atom. The number of aromatic amines is 2. The molecule has 40 heavy (non-hydrogen) atoms. The zero-order chi connectivity index (χ0) is 27.2. The minimum Gasteiger partial charge on any atom is -0.492 e. The zero-order valence-electron chi connectivity index (χ0n) is 22.4. The second-order valence-electron chi connectivity index (χ2n) is 10.3. The molecule has 7 rings (SSSR count). The quantitative estimate of drug-likeness (QED) is 0.280. The Bertz CT molecular complexity index is 1850. The van der Waals surface area contributed by atoms with Crippen molar-refractivity contribution in [3.8, 4) is 39.8 Å². The minimum absolute atomic E-state index is 0.375. The molecule has 1 saturated heterocycles. The first-order valence-electron chi connectivity index (χ1n) is 13.5. The summed E-state index contributed by atoms with van der Waals surface area (Å²) in [5, 5.41) is 8.62. The van der Waals surface area contributed by atoms with Gasteiger partial charge >= 0.3 is 0 Å². The fourth-order valence-corrected chi connectivity index (χ4v) is 5.46. The largest absolute Gasteiger partial charge is 0.492 e. The standard InChI is InChI=1S/C30H29FN8O/c1-18-33-17-26(38(18)2)19-5-6-24-23(15-19)28(37-36-24)30-34-25-7-8-32-27(29(25)35-30)20-13-21(31)16-22(14-20)40-12-11-39-9-3-4-10-39/h5-8,13-17H,3-4,9-12H2,1-2H3,(H,34,35)(H,36,37). The van der Waals surface area contributed by atoms with Crippen molar-refractivity contribution < 1.29 is 9.13 Å². The summed E-state index contributed by atoms with van der Waals surface area (Å²) in [6.45, 7) is 5.52. The van der Waals surface area contributed by atoms with Gasteiger partial charge in [-0.2, -0.15) is 5.10 Å². The lowest BCUT2D eigenvalue weighted by atomic mass is 10.1. The summed E-state index contributed by atoms with van der Waals surface area (Å²) in [5.41, 5.74) is 6.27. The lowest BCUT2D eigenvalue weighted by Gasteiger charge is -2.15. The van der Waals surface area contributed by atoms with E-state index in [1.807, 2.05) is 38.4 Å². The lowest BCUT2D eigenvalue weighted by molar-refractivity contribution is 0.237. The number of imidazole rings is 2. The molecule has 202 valence electrons. The average Bonchev–Trinajstić information content (AvgIpc) is 3.75. The number of likely N-dealkylation sites (tertiary alicyclic amines) is 1. The summed E-state index contributed by atoms with van der Waals surface area (Å²) < 4.78 is 22.7. The number of hydrogen-bond donors (Lipinski definition) is 2. The van der Waals surface area contributed by atoms with Crippen LogP contribution < -0.4 is 4.74 Å². The first-order valence-corrected chi connectivity index (χ1v) is 13.5. The fraction of sp³-hybridized carbons (Fsp3) is 0.267.